The number of anilines is 1. The van der Waals surface area contributed by atoms with Crippen molar-refractivity contribution in [1.82, 2.24) is 4.98 Å². The summed E-state index contributed by atoms with van der Waals surface area (Å²) in [5, 5.41) is 3.36. The molecule has 1 aromatic rings. The zero-order valence-corrected chi connectivity index (χ0v) is 10.6. The van der Waals surface area contributed by atoms with Gasteiger partial charge < -0.3 is 11.1 Å². The summed E-state index contributed by atoms with van der Waals surface area (Å²) in [6.07, 6.45) is 5.90. The predicted molar refractivity (Wildman–Crippen MR) is 67.9 cm³/mol. The highest BCUT2D eigenvalue weighted by atomic mass is 79.9. The third-order valence-electron chi connectivity index (χ3n) is 2.36. The van der Waals surface area contributed by atoms with E-state index in [0.717, 1.165) is 29.7 Å². The molecule has 0 bridgehead atoms. The second-order valence-corrected chi connectivity index (χ2v) is 4.62. The van der Waals surface area contributed by atoms with Crippen LogP contribution in [0, 0.1) is 5.92 Å². The number of nitrogens with zero attached hydrogens (tertiary/aromatic N) is 1. The Morgan fingerprint density at radius 2 is 2.40 bits per heavy atom. The normalized spacial score (nSPS) is 12.5. The molecule has 0 aromatic carbocycles. The number of pyridine rings is 1. The molecule has 0 aliphatic carbocycles. The number of hydrogen-bond acceptors (Lipinski definition) is 3. The topological polar surface area (TPSA) is 50.9 Å². The number of halogens is 1. The molecule has 4 heteroatoms. The van der Waals surface area contributed by atoms with E-state index in [9.17, 15) is 0 Å². The van der Waals surface area contributed by atoms with Crippen LogP contribution in [-0.2, 0) is 0 Å². The average molecular weight is 272 g/mol. The zero-order valence-electron chi connectivity index (χ0n) is 9.04. The average Bonchev–Trinajstić information content (AvgIpc) is 2.26. The van der Waals surface area contributed by atoms with E-state index < -0.39 is 0 Å². The molecule has 0 saturated carbocycles. The molecule has 1 aromatic heterocycles. The van der Waals surface area contributed by atoms with Gasteiger partial charge in [-0.2, -0.15) is 0 Å². The summed E-state index contributed by atoms with van der Waals surface area (Å²) >= 11 is 3.45. The van der Waals surface area contributed by atoms with Crippen molar-refractivity contribution in [2.75, 3.05) is 18.4 Å². The maximum absolute atomic E-state index is 5.55. The first-order chi connectivity index (χ1) is 7.24. The summed E-state index contributed by atoms with van der Waals surface area (Å²) in [6.45, 7) is 3.94. The van der Waals surface area contributed by atoms with E-state index in [1.54, 1.807) is 12.4 Å². The van der Waals surface area contributed by atoms with Gasteiger partial charge in [-0.1, -0.05) is 6.92 Å². The van der Waals surface area contributed by atoms with Crippen LogP contribution in [0.1, 0.15) is 19.8 Å². The lowest BCUT2D eigenvalue weighted by atomic mass is 10.1. The van der Waals surface area contributed by atoms with Crippen LogP contribution < -0.4 is 11.1 Å². The lowest BCUT2D eigenvalue weighted by Gasteiger charge is -2.10. The summed E-state index contributed by atoms with van der Waals surface area (Å²) in [5.74, 6) is 0.618. The van der Waals surface area contributed by atoms with Crippen molar-refractivity contribution in [3.8, 4) is 0 Å². The highest BCUT2D eigenvalue weighted by Gasteiger charge is 2.00. The van der Waals surface area contributed by atoms with Crippen LogP contribution in [0.4, 0.5) is 5.69 Å². The maximum atomic E-state index is 5.55. The summed E-state index contributed by atoms with van der Waals surface area (Å²) in [4.78, 5) is 4.01. The van der Waals surface area contributed by atoms with E-state index in [1.165, 1.54) is 6.42 Å². The smallest absolute Gasteiger partial charge is 0.0590 e. The van der Waals surface area contributed by atoms with Gasteiger partial charge in [-0.25, -0.2) is 0 Å². The van der Waals surface area contributed by atoms with Crippen LogP contribution in [0.15, 0.2) is 22.9 Å². The molecule has 84 valence electrons. The molecule has 15 heavy (non-hydrogen) atoms. The quantitative estimate of drug-likeness (QED) is 0.783. The van der Waals surface area contributed by atoms with Gasteiger partial charge in [0.15, 0.2) is 0 Å². The number of rotatable bonds is 6. The van der Waals surface area contributed by atoms with E-state index in [1.807, 2.05) is 6.07 Å². The minimum absolute atomic E-state index is 0.618. The summed E-state index contributed by atoms with van der Waals surface area (Å²) < 4.78 is 1.01. The van der Waals surface area contributed by atoms with Gasteiger partial charge in [-0.05, 0) is 47.3 Å². The van der Waals surface area contributed by atoms with Gasteiger partial charge in [0.2, 0.25) is 0 Å². The van der Waals surface area contributed by atoms with Crippen LogP contribution in [0.3, 0.4) is 0 Å². The minimum Gasteiger partial charge on any atom is -0.384 e. The number of nitrogens with one attached hydrogen (secondary N) is 1. The van der Waals surface area contributed by atoms with Crippen LogP contribution in [0.5, 0.6) is 0 Å². The van der Waals surface area contributed by atoms with Gasteiger partial charge in [-0.3, -0.25) is 4.98 Å². The van der Waals surface area contributed by atoms with Crippen molar-refractivity contribution in [2.24, 2.45) is 11.7 Å². The van der Waals surface area contributed by atoms with Gasteiger partial charge in [0.05, 0.1) is 10.2 Å². The molecule has 0 aliphatic rings. The predicted octanol–water partition coefficient (Wildman–Crippen LogP) is 2.63. The lowest BCUT2D eigenvalue weighted by Crippen LogP contribution is -2.12. The van der Waals surface area contributed by atoms with Gasteiger partial charge in [0.1, 0.15) is 0 Å². The SMILES string of the molecule is CC(CN)CCCNc1ccncc1Br. The van der Waals surface area contributed by atoms with E-state index in [-0.39, 0.29) is 0 Å². The van der Waals surface area contributed by atoms with Crippen molar-refractivity contribution < 1.29 is 0 Å². The zero-order chi connectivity index (χ0) is 11.1. The van der Waals surface area contributed by atoms with Crippen molar-refractivity contribution in [3.63, 3.8) is 0 Å². The summed E-state index contributed by atoms with van der Waals surface area (Å²) in [6, 6.07) is 1.97. The highest BCUT2D eigenvalue weighted by Crippen LogP contribution is 2.19. The van der Waals surface area contributed by atoms with Gasteiger partial charge in [-0.15, -0.1) is 0 Å². The van der Waals surface area contributed by atoms with Gasteiger partial charge in [0.25, 0.3) is 0 Å². The molecule has 1 atom stereocenters. The lowest BCUT2D eigenvalue weighted by molar-refractivity contribution is 0.529. The first-order valence-electron chi connectivity index (χ1n) is 5.27. The Balaban J connectivity index is 2.23. The van der Waals surface area contributed by atoms with Gasteiger partial charge in [0, 0.05) is 18.9 Å². The molecule has 1 heterocycles. The molecule has 0 aliphatic heterocycles. The van der Waals surface area contributed by atoms with Crippen LogP contribution in [-0.4, -0.2) is 18.1 Å². The number of nitrogens with two attached hydrogens (primary N) is 1. The molecule has 0 saturated heterocycles. The van der Waals surface area contributed by atoms with Crippen LogP contribution in [0.25, 0.3) is 0 Å². The fraction of sp³-hybridized carbons (Fsp3) is 0.545. The van der Waals surface area contributed by atoms with E-state index in [4.69, 9.17) is 5.73 Å². The Morgan fingerprint density at radius 3 is 3.07 bits per heavy atom. The number of hydrogen-bond donors (Lipinski definition) is 2. The van der Waals surface area contributed by atoms with E-state index in [0.29, 0.717) is 5.92 Å². The molecular weight excluding hydrogens is 254 g/mol. The second kappa shape index (κ2) is 6.80. The maximum Gasteiger partial charge on any atom is 0.0590 e. The van der Waals surface area contributed by atoms with E-state index in [2.05, 4.69) is 33.2 Å². The van der Waals surface area contributed by atoms with Crippen LogP contribution >= 0.6 is 15.9 Å². The molecular formula is C11H18BrN3. The fourth-order valence-electron chi connectivity index (χ4n) is 1.31. The Kier molecular flexibility index (Phi) is 5.65. The Bertz CT molecular complexity index is 291. The Labute approximate surface area is 99.6 Å². The Hall–Kier alpha value is -0.610. The molecule has 0 radical (unpaired) electrons. The Morgan fingerprint density at radius 1 is 1.60 bits per heavy atom. The van der Waals surface area contributed by atoms with Crippen LogP contribution in [0.2, 0.25) is 0 Å². The largest absolute Gasteiger partial charge is 0.384 e. The van der Waals surface area contributed by atoms with Crippen molar-refractivity contribution >= 4 is 21.6 Å². The molecule has 0 fully saturated rings. The first kappa shape index (κ1) is 12.5. The third kappa shape index (κ3) is 4.62. The van der Waals surface area contributed by atoms with Gasteiger partial charge >= 0.3 is 0 Å². The second-order valence-electron chi connectivity index (χ2n) is 3.77. The van der Waals surface area contributed by atoms with Crippen molar-refractivity contribution in [3.05, 3.63) is 22.9 Å². The third-order valence-corrected chi connectivity index (χ3v) is 3.00. The molecule has 3 nitrogen and oxygen atoms in total. The molecule has 1 rings (SSSR count). The molecule has 0 amide bonds. The van der Waals surface area contributed by atoms with Crippen molar-refractivity contribution in [2.45, 2.75) is 19.8 Å². The summed E-state index contributed by atoms with van der Waals surface area (Å²) in [5.41, 5.74) is 6.66. The fourth-order valence-corrected chi connectivity index (χ4v) is 1.70. The molecule has 0 spiro atoms. The van der Waals surface area contributed by atoms with E-state index >= 15 is 0 Å². The molecule has 1 unspecified atom stereocenters. The highest BCUT2D eigenvalue weighted by molar-refractivity contribution is 9.10. The molecule has 3 N–H and O–H groups in total. The monoisotopic (exact) mass is 271 g/mol. The summed E-state index contributed by atoms with van der Waals surface area (Å²) in [7, 11) is 0. The minimum atomic E-state index is 0.618. The number of aromatic nitrogens is 1. The van der Waals surface area contributed by atoms with Crippen molar-refractivity contribution in [1.29, 1.82) is 0 Å². The first-order valence-corrected chi connectivity index (χ1v) is 6.06. The standard InChI is InChI=1S/C11H18BrN3/c1-9(7-13)3-2-5-15-11-4-6-14-8-10(11)12/h4,6,8-9H,2-3,5,7,13H2,1H3,(H,14,15).